The summed E-state index contributed by atoms with van der Waals surface area (Å²) < 4.78 is 2.77. The molecule has 0 saturated heterocycles. The number of fused-ring (bicyclic) bond motifs is 7. The van der Waals surface area contributed by atoms with E-state index in [1.165, 1.54) is 113 Å². The number of alkyl halides is 1. The van der Waals surface area contributed by atoms with Crippen molar-refractivity contribution in [2.24, 2.45) is 44.8 Å². The van der Waals surface area contributed by atoms with Gasteiger partial charge < -0.3 is 15.1 Å². The van der Waals surface area contributed by atoms with Gasteiger partial charge in [-0.15, -0.1) is 17.8 Å². The second-order valence-corrected chi connectivity index (χ2v) is 41.2. The first-order chi connectivity index (χ1) is 47.1. The lowest BCUT2D eigenvalue weighted by Crippen LogP contribution is -2.56. The van der Waals surface area contributed by atoms with Crippen LogP contribution in [-0.4, -0.2) is 12.8 Å². The van der Waals surface area contributed by atoms with Crippen LogP contribution in [-0.2, 0) is 19.7 Å². The number of terminal acetylenes is 1. The summed E-state index contributed by atoms with van der Waals surface area (Å²) in [6.45, 7) is 61.2. The minimum Gasteiger partial charge on any atom is -0.379 e. The van der Waals surface area contributed by atoms with Gasteiger partial charge in [0.1, 0.15) is 0 Å². The van der Waals surface area contributed by atoms with Gasteiger partial charge in [0.25, 0.3) is 0 Å². The monoisotopic (exact) mass is 1470 g/mol. The molecule has 530 valence electrons. The lowest BCUT2D eigenvalue weighted by Gasteiger charge is -2.53. The molecule has 3 unspecified atom stereocenters. The van der Waals surface area contributed by atoms with Crippen LogP contribution in [0.25, 0.3) is 10.1 Å². The normalized spacial score (nSPS) is 23.8. The lowest BCUT2D eigenvalue weighted by molar-refractivity contribution is 0.0808. The molecule has 5 atom stereocenters. The number of thiophene rings is 1. The summed E-state index contributed by atoms with van der Waals surface area (Å²) in [5.41, 5.74) is 24.8. The smallest absolute Gasteiger partial charge is 0.234 e. The van der Waals surface area contributed by atoms with E-state index in [2.05, 4.69) is 360 Å². The van der Waals surface area contributed by atoms with Gasteiger partial charge in [0, 0.05) is 69.3 Å². The van der Waals surface area contributed by atoms with Crippen molar-refractivity contribution in [1.29, 1.82) is 0 Å². The summed E-state index contributed by atoms with van der Waals surface area (Å²) in [6, 6.07) is 41.2. The molecule has 5 aromatic carbocycles. The van der Waals surface area contributed by atoms with Gasteiger partial charge >= 0.3 is 0 Å². The Morgan fingerprint density at radius 2 is 1.30 bits per heavy atom. The maximum atomic E-state index is 5.75. The van der Waals surface area contributed by atoms with E-state index in [9.17, 15) is 0 Å². The Morgan fingerprint density at radius 1 is 0.673 bits per heavy atom. The summed E-state index contributed by atoms with van der Waals surface area (Å²) >= 11 is 4.78. The van der Waals surface area contributed by atoms with E-state index in [0.717, 1.165) is 48.3 Å². The third kappa shape index (κ3) is 13.6. The van der Waals surface area contributed by atoms with Crippen molar-refractivity contribution in [1.82, 2.24) is 0 Å². The van der Waals surface area contributed by atoms with Gasteiger partial charge in [-0.2, -0.15) is 0 Å². The predicted molar refractivity (Wildman–Crippen MR) is 453 cm³/mol. The Morgan fingerprint density at radius 3 is 1.95 bits per heavy atom. The molecule has 1 aliphatic heterocycles. The van der Waals surface area contributed by atoms with Crippen molar-refractivity contribution < 1.29 is 0 Å². The van der Waals surface area contributed by atoms with Crippen molar-refractivity contribution in [3.63, 3.8) is 0 Å². The maximum Gasteiger partial charge on any atom is 0.234 e. The van der Waals surface area contributed by atoms with E-state index in [1.54, 1.807) is 17.2 Å². The minimum atomic E-state index is -0.350. The second-order valence-electron chi connectivity index (χ2n) is 37.4. The lowest BCUT2D eigenvalue weighted by atomic mass is 9.29. The summed E-state index contributed by atoms with van der Waals surface area (Å²) in [7, 11) is 0. The number of hydrogen-bond acceptors (Lipinski definition) is 4. The van der Waals surface area contributed by atoms with Gasteiger partial charge in [-0.1, -0.05) is 267 Å². The average molecular weight is 1470 g/mol. The predicted octanol–water partition coefficient (Wildman–Crippen LogP) is 26.7. The molecular formula is C95H119BIN3S. The molecule has 5 aliphatic carbocycles. The van der Waals surface area contributed by atoms with Crippen LogP contribution in [0.2, 0.25) is 5.82 Å². The fourth-order valence-corrected chi connectivity index (χ4v) is 21.2. The number of halogens is 1. The van der Waals surface area contributed by atoms with Gasteiger partial charge in [-0.05, 0) is 253 Å². The van der Waals surface area contributed by atoms with Gasteiger partial charge in [0.2, 0.25) is 6.71 Å². The third-order valence-corrected chi connectivity index (χ3v) is 28.3. The van der Waals surface area contributed by atoms with Crippen molar-refractivity contribution in [3.05, 3.63) is 225 Å². The van der Waals surface area contributed by atoms with E-state index in [0.29, 0.717) is 23.6 Å². The number of benzene rings is 5. The molecular weight excluding hydrogens is 1350 g/mol. The van der Waals surface area contributed by atoms with Crippen LogP contribution in [0.3, 0.4) is 0 Å². The number of rotatable bonds is 15. The van der Waals surface area contributed by atoms with Gasteiger partial charge in [0.05, 0.1) is 5.69 Å². The topological polar surface area (TPSA) is 18.5 Å². The van der Waals surface area contributed by atoms with Gasteiger partial charge in [-0.3, -0.25) is 0 Å². The van der Waals surface area contributed by atoms with Gasteiger partial charge in [0.15, 0.2) is 0 Å². The van der Waals surface area contributed by atoms with Crippen molar-refractivity contribution >= 4 is 95.1 Å². The van der Waals surface area contributed by atoms with E-state index < -0.39 is 0 Å². The number of anilines is 6. The molecule has 2 heterocycles. The summed E-state index contributed by atoms with van der Waals surface area (Å²) in [5.74, 6) is 4.18. The quantitative estimate of drug-likeness (QED) is 0.0276. The van der Waals surface area contributed by atoms with E-state index in [-0.39, 0.29) is 59.5 Å². The summed E-state index contributed by atoms with van der Waals surface area (Å²) in [4.78, 5) is 5.40. The first-order valence-electron chi connectivity index (χ1n) is 38.2. The third-order valence-electron chi connectivity index (χ3n) is 26.4. The van der Waals surface area contributed by atoms with E-state index in [4.69, 9.17) is 6.42 Å². The molecule has 0 radical (unpaired) electrons. The zero-order valence-corrected chi connectivity index (χ0v) is 69.0. The minimum absolute atomic E-state index is 0.0231. The molecule has 6 heteroatoms. The highest BCUT2D eigenvalue weighted by atomic mass is 127. The molecule has 0 amide bonds. The largest absolute Gasteiger partial charge is 0.379 e. The van der Waals surface area contributed by atoms with Crippen LogP contribution in [0.4, 0.5) is 34.1 Å². The van der Waals surface area contributed by atoms with Crippen LogP contribution < -0.4 is 25.4 Å². The highest BCUT2D eigenvalue weighted by Gasteiger charge is 2.55. The molecule has 0 spiro atoms. The van der Waals surface area contributed by atoms with E-state index >= 15 is 0 Å². The molecule has 6 aromatic rings. The van der Waals surface area contributed by atoms with Crippen LogP contribution in [0.1, 0.15) is 238 Å². The molecule has 6 aliphatic rings. The Kier molecular flexibility index (Phi) is 19.7. The van der Waals surface area contributed by atoms with Crippen LogP contribution in [0.15, 0.2) is 197 Å². The zero-order chi connectivity index (χ0) is 73.3. The SMILES string of the molecule is C#C/C=C\C=C(/C)C(C)(C)/C(=C/C=C(\C)N(c1ccc(C(C)(C)c2ccccc2)cc1)c1cc(N[C@@H]2C=C3C(=CC2)C(C)(C)CCC3(C)C)c2c(c1)N(c1ccc3c(c1)C(C)(C)CCC3(C)C)c1c(sc3ccc(C(C)(C)I)cc13)B2C1C(C)C2C(=CC[C@H]1C)C(C)(C)CCC2(C)C)C(=C)C. The van der Waals surface area contributed by atoms with Crippen molar-refractivity contribution in [2.75, 3.05) is 15.1 Å². The Labute approximate surface area is 630 Å². The molecule has 2 fully saturated rings. The molecule has 0 bridgehead atoms. The van der Waals surface area contributed by atoms with Crippen LogP contribution >= 0.6 is 33.9 Å². The molecule has 101 heavy (non-hydrogen) atoms. The molecule has 2 saturated carbocycles. The fraction of sp³-hybridized carbons (Fsp3) is 0.474. The van der Waals surface area contributed by atoms with E-state index in [1.807, 2.05) is 6.08 Å². The number of allylic oxidation sites excluding steroid dienone is 13. The first-order valence-corrected chi connectivity index (χ1v) is 40.1. The van der Waals surface area contributed by atoms with Crippen LogP contribution in [0.5, 0.6) is 0 Å². The second kappa shape index (κ2) is 26.7. The standard InChI is InChI=1S/C95H119BIN3S/c1-26-27-29-32-62(5)93(20,21)73(60(2)3)45-36-63(6)99(69-41-37-66(38-42-69)94(22,23)65-33-30-28-31-34-65)71-58-79(98-68-40-46-74-77(56-68)90(14,15)51-49-87(74,8)9)84-80(59-71)100(70-43-47-75-78(57-70)91(16,17)52-50-88(75,10)11)85-72-55-67(95(24,25)97)39-48-81(72)101-86(85)96(84)83-61(4)35-44-76-82(64(83)7)92(18,19)54-53-89(76,12)13/h1,27-34,36-39,41-48,55-59,61,64,68,82-83,98H,2,35,40,49-54H2,3-25H3/b29-27-,62-32+,63-36+,73-45+/t61-,64?,68+,82?,83?/m1/s1. The Balaban J connectivity index is 1.22. The Hall–Kier alpha value is -6.27. The molecule has 3 nitrogen and oxygen atoms in total. The molecule has 1 aromatic heterocycles. The maximum absolute atomic E-state index is 5.75. The summed E-state index contributed by atoms with van der Waals surface area (Å²) in [5, 5.41) is 6.00. The summed E-state index contributed by atoms with van der Waals surface area (Å²) in [6.07, 6.45) is 33.6. The fourth-order valence-electron chi connectivity index (χ4n) is 19.5. The average Bonchev–Trinajstić information content (AvgIpc) is 1.64. The first kappa shape index (κ1) is 74.5. The number of nitrogens with zero attached hydrogens (tertiary/aromatic N) is 2. The Bertz CT molecular complexity index is 4500. The van der Waals surface area contributed by atoms with Crippen molar-refractivity contribution in [2.45, 2.75) is 242 Å². The molecule has 12 rings (SSSR count). The van der Waals surface area contributed by atoms with Crippen molar-refractivity contribution in [3.8, 4) is 12.3 Å². The zero-order valence-electron chi connectivity index (χ0n) is 66.0. The molecule has 1 N–H and O–H groups in total. The van der Waals surface area contributed by atoms with Gasteiger partial charge in [-0.25, -0.2) is 0 Å². The van der Waals surface area contributed by atoms with Crippen LogP contribution in [0, 0.1) is 57.2 Å². The highest BCUT2D eigenvalue weighted by Crippen LogP contribution is 2.62. The number of nitrogens with one attached hydrogen (secondary N) is 1. The highest BCUT2D eigenvalue weighted by molar-refractivity contribution is 14.1. The number of hydrogen-bond donors (Lipinski definition) is 1.